The molecular formula is C17H19F2NO3S. The first-order chi connectivity index (χ1) is 11.2. The molecule has 130 valence electrons. The average molecular weight is 355 g/mol. The van der Waals surface area contributed by atoms with E-state index in [2.05, 4.69) is 4.72 Å². The fraction of sp³-hybridized carbons (Fsp3) is 0.294. The van der Waals surface area contributed by atoms with Crippen LogP contribution >= 0.6 is 0 Å². The minimum absolute atomic E-state index is 0.0570. The molecule has 24 heavy (non-hydrogen) atoms. The van der Waals surface area contributed by atoms with E-state index in [1.807, 2.05) is 13.8 Å². The summed E-state index contributed by atoms with van der Waals surface area (Å²) in [7, 11) is -2.45. The molecule has 1 N–H and O–H groups in total. The van der Waals surface area contributed by atoms with Crippen LogP contribution in [-0.2, 0) is 10.0 Å². The molecule has 0 amide bonds. The van der Waals surface area contributed by atoms with Gasteiger partial charge in [0.1, 0.15) is 5.75 Å². The van der Waals surface area contributed by atoms with E-state index in [1.54, 1.807) is 31.4 Å². The summed E-state index contributed by atoms with van der Waals surface area (Å²) in [4.78, 5) is -0.319. The fourth-order valence-corrected chi connectivity index (χ4v) is 3.66. The molecule has 2 rings (SSSR count). The highest BCUT2D eigenvalue weighted by molar-refractivity contribution is 7.89. The van der Waals surface area contributed by atoms with Crippen molar-refractivity contribution in [2.45, 2.75) is 24.8 Å². The Morgan fingerprint density at radius 1 is 1.00 bits per heavy atom. The minimum Gasteiger partial charge on any atom is -0.497 e. The van der Waals surface area contributed by atoms with Crippen molar-refractivity contribution in [3.8, 4) is 5.75 Å². The molecule has 0 bridgehead atoms. The second-order valence-corrected chi connectivity index (χ2v) is 7.41. The Labute approximate surface area is 140 Å². The molecule has 0 saturated heterocycles. The number of nitrogens with one attached hydrogen (secondary N) is 1. The van der Waals surface area contributed by atoms with Crippen molar-refractivity contribution in [1.29, 1.82) is 0 Å². The molecule has 0 spiro atoms. The van der Waals surface area contributed by atoms with Gasteiger partial charge in [-0.15, -0.1) is 0 Å². The summed E-state index contributed by atoms with van der Waals surface area (Å²) in [6, 6.07) is 8.97. The van der Waals surface area contributed by atoms with Gasteiger partial charge in [-0.25, -0.2) is 21.9 Å². The van der Waals surface area contributed by atoms with Crippen molar-refractivity contribution in [2.24, 2.45) is 5.92 Å². The molecule has 1 atom stereocenters. The number of sulfonamides is 1. The molecular weight excluding hydrogens is 336 g/mol. The third-order valence-electron chi connectivity index (χ3n) is 3.63. The summed E-state index contributed by atoms with van der Waals surface area (Å²) >= 11 is 0. The Morgan fingerprint density at radius 3 is 2.12 bits per heavy atom. The third-order valence-corrected chi connectivity index (χ3v) is 5.06. The van der Waals surface area contributed by atoms with E-state index in [-0.39, 0.29) is 10.8 Å². The Kier molecular flexibility index (Phi) is 5.56. The summed E-state index contributed by atoms with van der Waals surface area (Å²) < 4.78 is 58.9. The van der Waals surface area contributed by atoms with Gasteiger partial charge in [0.25, 0.3) is 0 Å². The minimum atomic E-state index is -4.00. The van der Waals surface area contributed by atoms with Gasteiger partial charge in [0.15, 0.2) is 11.6 Å². The van der Waals surface area contributed by atoms with Gasteiger partial charge in [-0.05, 0) is 41.8 Å². The second-order valence-electron chi connectivity index (χ2n) is 5.69. The first-order valence-corrected chi connectivity index (χ1v) is 8.84. The van der Waals surface area contributed by atoms with Gasteiger partial charge in [-0.2, -0.15) is 0 Å². The first-order valence-electron chi connectivity index (χ1n) is 7.36. The number of ether oxygens (including phenoxy) is 1. The number of hydrogen-bond acceptors (Lipinski definition) is 3. The van der Waals surface area contributed by atoms with Crippen LogP contribution in [0.1, 0.15) is 25.5 Å². The van der Waals surface area contributed by atoms with E-state index >= 15 is 0 Å². The van der Waals surface area contributed by atoms with Crippen molar-refractivity contribution in [2.75, 3.05) is 7.11 Å². The maximum atomic E-state index is 13.3. The van der Waals surface area contributed by atoms with Crippen molar-refractivity contribution < 1.29 is 21.9 Å². The number of hydrogen-bond donors (Lipinski definition) is 1. The predicted molar refractivity (Wildman–Crippen MR) is 87.3 cm³/mol. The Hall–Kier alpha value is -1.99. The SMILES string of the molecule is COc1ccc([C@H](NS(=O)(=O)c2ccc(F)c(F)c2)C(C)C)cc1. The molecule has 0 aliphatic heterocycles. The van der Waals surface area contributed by atoms with Crippen LogP contribution in [0.3, 0.4) is 0 Å². The van der Waals surface area contributed by atoms with Gasteiger partial charge >= 0.3 is 0 Å². The van der Waals surface area contributed by atoms with E-state index in [0.29, 0.717) is 11.8 Å². The topological polar surface area (TPSA) is 55.4 Å². The second kappa shape index (κ2) is 7.27. The normalized spacial score (nSPS) is 13.1. The van der Waals surface area contributed by atoms with Gasteiger partial charge in [0, 0.05) is 6.04 Å². The highest BCUT2D eigenvalue weighted by Crippen LogP contribution is 2.26. The van der Waals surface area contributed by atoms with Crippen LogP contribution in [0.4, 0.5) is 8.78 Å². The molecule has 0 heterocycles. The first kappa shape index (κ1) is 18.4. The van der Waals surface area contributed by atoms with Crippen LogP contribution in [-0.4, -0.2) is 15.5 Å². The van der Waals surface area contributed by atoms with Crippen molar-refractivity contribution in [1.82, 2.24) is 4.72 Å². The van der Waals surface area contributed by atoms with Crippen LogP contribution < -0.4 is 9.46 Å². The largest absolute Gasteiger partial charge is 0.497 e. The molecule has 0 aliphatic carbocycles. The molecule has 2 aromatic rings. The molecule has 0 aromatic heterocycles. The van der Waals surface area contributed by atoms with Crippen LogP contribution in [0.2, 0.25) is 0 Å². The van der Waals surface area contributed by atoms with Gasteiger partial charge in [0.2, 0.25) is 10.0 Å². The molecule has 4 nitrogen and oxygen atoms in total. The van der Waals surface area contributed by atoms with Gasteiger partial charge < -0.3 is 4.74 Å². The van der Waals surface area contributed by atoms with Crippen molar-refractivity contribution >= 4 is 10.0 Å². The zero-order valence-corrected chi connectivity index (χ0v) is 14.4. The summed E-state index contributed by atoms with van der Waals surface area (Å²) in [5.74, 6) is -1.70. The monoisotopic (exact) mass is 355 g/mol. The van der Waals surface area contributed by atoms with Gasteiger partial charge in [-0.3, -0.25) is 0 Å². The molecule has 0 saturated carbocycles. The summed E-state index contributed by atoms with van der Waals surface area (Å²) in [5.41, 5.74) is 0.747. The Balaban J connectivity index is 2.33. The Bertz CT molecular complexity index is 805. The summed E-state index contributed by atoms with van der Waals surface area (Å²) in [6.45, 7) is 3.73. The molecule has 0 fully saturated rings. The highest BCUT2D eigenvalue weighted by atomic mass is 32.2. The van der Waals surface area contributed by atoms with E-state index in [4.69, 9.17) is 4.74 Å². The van der Waals surface area contributed by atoms with Crippen LogP contribution in [0.15, 0.2) is 47.4 Å². The van der Waals surface area contributed by atoms with E-state index < -0.39 is 27.7 Å². The average Bonchev–Trinajstić information content (AvgIpc) is 2.55. The standard InChI is InChI=1S/C17H19F2NO3S/c1-11(2)17(12-4-6-13(23-3)7-5-12)20-24(21,22)14-8-9-15(18)16(19)10-14/h4-11,17,20H,1-3H3/t17-/m1/s1. The number of methoxy groups -OCH3 is 1. The maximum Gasteiger partial charge on any atom is 0.241 e. The van der Waals surface area contributed by atoms with E-state index in [1.165, 1.54) is 0 Å². The van der Waals surface area contributed by atoms with Gasteiger partial charge in [-0.1, -0.05) is 26.0 Å². The van der Waals surface area contributed by atoms with Crippen LogP contribution in [0.25, 0.3) is 0 Å². The lowest BCUT2D eigenvalue weighted by molar-refractivity contribution is 0.413. The maximum absolute atomic E-state index is 13.3. The smallest absolute Gasteiger partial charge is 0.241 e. The zero-order chi connectivity index (χ0) is 17.9. The summed E-state index contributed by atoms with van der Waals surface area (Å²) in [5, 5.41) is 0. The van der Waals surface area contributed by atoms with E-state index in [9.17, 15) is 17.2 Å². The molecule has 0 radical (unpaired) electrons. The molecule has 7 heteroatoms. The summed E-state index contributed by atoms with van der Waals surface area (Å²) in [6.07, 6.45) is 0. The van der Waals surface area contributed by atoms with Gasteiger partial charge in [0.05, 0.1) is 12.0 Å². The van der Waals surface area contributed by atoms with Crippen LogP contribution in [0, 0.1) is 17.6 Å². The van der Waals surface area contributed by atoms with Crippen molar-refractivity contribution in [3.05, 3.63) is 59.7 Å². The number of rotatable bonds is 6. The van der Waals surface area contributed by atoms with E-state index in [0.717, 1.165) is 17.7 Å². The fourth-order valence-electron chi connectivity index (χ4n) is 2.28. The van der Waals surface area contributed by atoms with Crippen molar-refractivity contribution in [3.63, 3.8) is 0 Å². The zero-order valence-electron chi connectivity index (χ0n) is 13.6. The molecule has 0 aliphatic rings. The quantitative estimate of drug-likeness (QED) is 0.861. The third kappa shape index (κ3) is 4.10. The lowest BCUT2D eigenvalue weighted by Gasteiger charge is -2.23. The molecule has 0 unspecified atom stereocenters. The number of halogens is 2. The lowest BCUT2D eigenvalue weighted by Crippen LogP contribution is -2.32. The highest BCUT2D eigenvalue weighted by Gasteiger charge is 2.24. The number of benzene rings is 2. The Morgan fingerprint density at radius 2 is 1.62 bits per heavy atom. The predicted octanol–water partition coefficient (Wildman–Crippen LogP) is 3.65. The van der Waals surface area contributed by atoms with Crippen LogP contribution in [0.5, 0.6) is 5.75 Å². The molecule has 2 aromatic carbocycles. The lowest BCUT2D eigenvalue weighted by atomic mass is 9.97.